The molecule has 0 radical (unpaired) electrons. The Hall–Kier alpha value is -1.81. The van der Waals surface area contributed by atoms with Crippen molar-refractivity contribution >= 4 is 45.5 Å². The highest BCUT2D eigenvalue weighted by molar-refractivity contribution is 14.0. The van der Waals surface area contributed by atoms with E-state index in [9.17, 15) is 8.42 Å². The van der Waals surface area contributed by atoms with Crippen LogP contribution in [-0.4, -0.2) is 53.4 Å². The number of hydrogen-bond acceptors (Lipinski definition) is 4. The molecule has 166 valence electrons. The monoisotopic (exact) mass is 544 g/mol. The minimum absolute atomic E-state index is 0. The third-order valence-corrected chi connectivity index (χ3v) is 6.43. The SMILES string of the molecule is CCN(CCCNC(=NC)NCCCS(=O)(=O)c1ccccc1)c1ccccc1.I. The number of benzene rings is 2. The highest BCUT2D eigenvalue weighted by atomic mass is 127. The molecule has 2 aromatic carbocycles. The highest BCUT2D eigenvalue weighted by Gasteiger charge is 2.13. The van der Waals surface area contributed by atoms with Crippen LogP contribution in [0.25, 0.3) is 0 Å². The van der Waals surface area contributed by atoms with Crippen LogP contribution < -0.4 is 15.5 Å². The summed E-state index contributed by atoms with van der Waals surface area (Å²) in [6.45, 7) is 5.43. The first kappa shape index (κ1) is 26.2. The molecule has 0 bridgehead atoms. The van der Waals surface area contributed by atoms with Gasteiger partial charge in [-0.3, -0.25) is 4.99 Å². The topological polar surface area (TPSA) is 73.8 Å². The fourth-order valence-corrected chi connectivity index (χ4v) is 4.35. The number of rotatable bonds is 11. The number of hydrogen-bond donors (Lipinski definition) is 2. The summed E-state index contributed by atoms with van der Waals surface area (Å²) in [5, 5.41) is 6.48. The zero-order valence-electron chi connectivity index (χ0n) is 17.8. The molecular formula is C22H33IN4O2S. The minimum Gasteiger partial charge on any atom is -0.372 e. The summed E-state index contributed by atoms with van der Waals surface area (Å²) in [4.78, 5) is 6.92. The molecule has 0 amide bonds. The summed E-state index contributed by atoms with van der Waals surface area (Å²) in [5.74, 6) is 0.814. The van der Waals surface area contributed by atoms with Crippen LogP contribution in [-0.2, 0) is 9.84 Å². The van der Waals surface area contributed by atoms with E-state index in [2.05, 4.69) is 51.7 Å². The largest absolute Gasteiger partial charge is 0.372 e. The number of para-hydroxylation sites is 1. The molecule has 2 N–H and O–H groups in total. The van der Waals surface area contributed by atoms with Crippen molar-refractivity contribution in [2.24, 2.45) is 4.99 Å². The van der Waals surface area contributed by atoms with Crippen LogP contribution >= 0.6 is 24.0 Å². The molecule has 0 unspecified atom stereocenters. The van der Waals surface area contributed by atoms with Crippen molar-refractivity contribution in [2.45, 2.75) is 24.7 Å². The maximum Gasteiger partial charge on any atom is 0.190 e. The van der Waals surface area contributed by atoms with Gasteiger partial charge in [0.1, 0.15) is 0 Å². The molecule has 0 aliphatic rings. The van der Waals surface area contributed by atoms with E-state index in [1.54, 1.807) is 31.3 Å². The maximum absolute atomic E-state index is 12.3. The number of sulfone groups is 1. The summed E-state index contributed by atoms with van der Waals surface area (Å²) >= 11 is 0. The van der Waals surface area contributed by atoms with Crippen molar-refractivity contribution < 1.29 is 8.42 Å². The van der Waals surface area contributed by atoms with E-state index in [0.29, 0.717) is 23.8 Å². The summed E-state index contributed by atoms with van der Waals surface area (Å²) in [6.07, 6.45) is 1.50. The Balaban J connectivity index is 0.00000450. The lowest BCUT2D eigenvalue weighted by atomic mass is 10.2. The van der Waals surface area contributed by atoms with Gasteiger partial charge >= 0.3 is 0 Å². The van der Waals surface area contributed by atoms with Crippen LogP contribution in [0.3, 0.4) is 0 Å². The second-order valence-corrected chi connectivity index (χ2v) is 8.79. The predicted octanol–water partition coefficient (Wildman–Crippen LogP) is 3.55. The van der Waals surface area contributed by atoms with Gasteiger partial charge in [0.2, 0.25) is 0 Å². The first-order chi connectivity index (χ1) is 14.1. The van der Waals surface area contributed by atoms with Crippen LogP contribution in [0.15, 0.2) is 70.6 Å². The maximum atomic E-state index is 12.3. The summed E-state index contributed by atoms with van der Waals surface area (Å²) in [6, 6.07) is 19.0. The average molecular weight is 545 g/mol. The molecule has 2 rings (SSSR count). The van der Waals surface area contributed by atoms with Crippen LogP contribution in [0, 0.1) is 0 Å². The Morgan fingerprint density at radius 2 is 1.50 bits per heavy atom. The lowest BCUT2D eigenvalue weighted by Gasteiger charge is -2.23. The molecule has 0 aliphatic carbocycles. The summed E-state index contributed by atoms with van der Waals surface area (Å²) < 4.78 is 24.6. The standard InChI is InChI=1S/C22H32N4O2S.HI/c1-3-26(20-12-6-4-7-13-20)18-10-16-24-22(23-2)25-17-11-19-29(27,28)21-14-8-5-9-15-21;/h4-9,12-15H,3,10-11,16-19H2,1-2H3,(H2,23,24,25);1H. The van der Waals surface area contributed by atoms with Crippen molar-refractivity contribution in [3.8, 4) is 0 Å². The molecule has 0 saturated carbocycles. The third-order valence-electron chi connectivity index (χ3n) is 4.61. The zero-order chi connectivity index (χ0) is 21.0. The van der Waals surface area contributed by atoms with Gasteiger partial charge < -0.3 is 15.5 Å². The van der Waals surface area contributed by atoms with E-state index < -0.39 is 9.84 Å². The number of halogens is 1. The fraction of sp³-hybridized carbons (Fsp3) is 0.409. The first-order valence-corrected chi connectivity index (χ1v) is 11.7. The number of anilines is 1. The average Bonchev–Trinajstić information content (AvgIpc) is 2.76. The van der Waals surface area contributed by atoms with Gasteiger partial charge in [-0.15, -0.1) is 24.0 Å². The van der Waals surface area contributed by atoms with Gasteiger partial charge in [0.05, 0.1) is 10.6 Å². The molecule has 0 spiro atoms. The second kappa shape index (κ2) is 14.2. The van der Waals surface area contributed by atoms with Crippen molar-refractivity contribution in [2.75, 3.05) is 43.9 Å². The molecule has 0 atom stereocenters. The van der Waals surface area contributed by atoms with Gasteiger partial charge in [-0.2, -0.15) is 0 Å². The van der Waals surface area contributed by atoms with Gasteiger partial charge in [0.25, 0.3) is 0 Å². The van der Waals surface area contributed by atoms with E-state index in [4.69, 9.17) is 0 Å². The Kier molecular flexibility index (Phi) is 12.4. The third kappa shape index (κ3) is 8.91. The van der Waals surface area contributed by atoms with Crippen molar-refractivity contribution in [3.05, 3.63) is 60.7 Å². The molecular weight excluding hydrogens is 511 g/mol. The van der Waals surface area contributed by atoms with E-state index >= 15 is 0 Å². The Bertz CT molecular complexity index is 846. The van der Waals surface area contributed by atoms with E-state index in [1.165, 1.54) is 5.69 Å². The van der Waals surface area contributed by atoms with Gasteiger partial charge in [-0.1, -0.05) is 36.4 Å². The van der Waals surface area contributed by atoms with E-state index in [-0.39, 0.29) is 29.7 Å². The molecule has 0 aromatic heterocycles. The molecule has 0 aliphatic heterocycles. The van der Waals surface area contributed by atoms with Gasteiger partial charge in [0, 0.05) is 38.9 Å². The molecule has 2 aromatic rings. The van der Waals surface area contributed by atoms with Crippen LogP contribution in [0.2, 0.25) is 0 Å². The van der Waals surface area contributed by atoms with E-state index in [1.807, 2.05) is 12.1 Å². The van der Waals surface area contributed by atoms with Crippen LogP contribution in [0.1, 0.15) is 19.8 Å². The van der Waals surface area contributed by atoms with Crippen molar-refractivity contribution in [3.63, 3.8) is 0 Å². The number of aliphatic imine (C=N–C) groups is 1. The lowest BCUT2D eigenvalue weighted by molar-refractivity contribution is 0.592. The number of nitrogens with zero attached hydrogens (tertiary/aromatic N) is 2. The molecule has 6 nitrogen and oxygen atoms in total. The zero-order valence-corrected chi connectivity index (χ0v) is 20.9. The van der Waals surface area contributed by atoms with E-state index in [0.717, 1.165) is 26.1 Å². The number of guanidine groups is 1. The van der Waals surface area contributed by atoms with Crippen LogP contribution in [0.5, 0.6) is 0 Å². The first-order valence-electron chi connectivity index (χ1n) is 10.1. The van der Waals surface area contributed by atoms with Gasteiger partial charge in [0.15, 0.2) is 15.8 Å². The Morgan fingerprint density at radius 3 is 2.07 bits per heavy atom. The minimum atomic E-state index is -3.23. The smallest absolute Gasteiger partial charge is 0.190 e. The lowest BCUT2D eigenvalue weighted by Crippen LogP contribution is -2.39. The summed E-state index contributed by atoms with van der Waals surface area (Å²) in [5.41, 5.74) is 1.23. The molecule has 30 heavy (non-hydrogen) atoms. The molecule has 0 heterocycles. The normalized spacial score (nSPS) is 11.5. The Labute approximate surface area is 198 Å². The van der Waals surface area contributed by atoms with Crippen molar-refractivity contribution in [1.29, 1.82) is 0 Å². The van der Waals surface area contributed by atoms with Crippen molar-refractivity contribution in [1.82, 2.24) is 10.6 Å². The van der Waals surface area contributed by atoms with Gasteiger partial charge in [-0.05, 0) is 44.0 Å². The predicted molar refractivity (Wildman–Crippen MR) is 137 cm³/mol. The molecule has 8 heteroatoms. The number of nitrogens with one attached hydrogen (secondary N) is 2. The Morgan fingerprint density at radius 1 is 0.933 bits per heavy atom. The molecule has 0 saturated heterocycles. The molecule has 0 fully saturated rings. The van der Waals surface area contributed by atoms with Crippen LogP contribution in [0.4, 0.5) is 5.69 Å². The second-order valence-electron chi connectivity index (χ2n) is 6.68. The van der Waals surface area contributed by atoms with Gasteiger partial charge in [-0.25, -0.2) is 8.42 Å². The quantitative estimate of drug-likeness (QED) is 0.196. The summed E-state index contributed by atoms with van der Waals surface area (Å²) in [7, 11) is -1.51. The highest BCUT2D eigenvalue weighted by Crippen LogP contribution is 2.13. The fourth-order valence-electron chi connectivity index (χ4n) is 3.02.